The molecule has 0 aliphatic rings. The fourth-order valence-electron chi connectivity index (χ4n) is 1.01. The molecule has 0 saturated carbocycles. The molecule has 12 heavy (non-hydrogen) atoms. The van der Waals surface area contributed by atoms with E-state index in [1.165, 1.54) is 0 Å². The molecule has 0 aliphatic heterocycles. The van der Waals surface area contributed by atoms with Gasteiger partial charge in [0.05, 0.1) is 6.20 Å². The van der Waals surface area contributed by atoms with Gasteiger partial charge >= 0.3 is 0 Å². The highest BCUT2D eigenvalue weighted by Crippen LogP contribution is 2.11. The second-order valence-corrected chi connectivity index (χ2v) is 3.84. The van der Waals surface area contributed by atoms with Gasteiger partial charge in [0.25, 0.3) is 0 Å². The quantitative estimate of drug-likeness (QED) is 0.718. The van der Waals surface area contributed by atoms with E-state index in [-0.39, 0.29) is 8.46 Å². The van der Waals surface area contributed by atoms with Gasteiger partial charge in [0, 0.05) is 10.7 Å². The Hall–Kier alpha value is -0.730. The van der Waals surface area contributed by atoms with Gasteiger partial charge in [-0.3, -0.25) is 8.97 Å². The molecule has 0 unspecified atom stereocenters. The molecule has 2 heterocycles. The zero-order valence-electron chi connectivity index (χ0n) is 5.94. The predicted octanol–water partition coefficient (Wildman–Crippen LogP) is 2.01. The molecule has 5 heteroatoms. The third-order valence-corrected chi connectivity index (χ3v) is 2.53. The third-order valence-electron chi connectivity index (χ3n) is 1.54. The molecule has 0 radical (unpaired) electrons. The van der Waals surface area contributed by atoms with Crippen molar-refractivity contribution >= 4 is 35.5 Å². The monoisotopic (exact) mass is 242 g/mol. The van der Waals surface area contributed by atoms with E-state index in [0.717, 1.165) is 10.1 Å². The lowest BCUT2D eigenvalue weighted by molar-refractivity contribution is 0.602. The maximum atomic E-state index is 10.6. The van der Waals surface area contributed by atoms with Crippen LogP contribution >= 0.6 is 24.4 Å². The molecule has 0 N–H and O–H groups in total. The average molecular weight is 243 g/mol. The maximum absolute atomic E-state index is 10.6. The fourth-order valence-corrected chi connectivity index (χ4v) is 1.70. The summed E-state index contributed by atoms with van der Waals surface area (Å²) in [7, 11) is -0.0112. The number of hydrogen-bond donors (Lipinski definition) is 0. The summed E-state index contributed by atoms with van der Waals surface area (Å²) in [4.78, 5) is 4.07. The highest BCUT2D eigenvalue weighted by atomic mass is 79.9. The lowest BCUT2D eigenvalue weighted by Crippen LogP contribution is -1.99. The summed E-state index contributed by atoms with van der Waals surface area (Å²) in [6.45, 7) is 0. The first-order valence-electron chi connectivity index (χ1n) is 3.27. The van der Waals surface area contributed by atoms with E-state index in [4.69, 9.17) is 0 Å². The molecule has 0 atom stereocenters. The molecular formula is C7H4BrN2OP. The Bertz CT molecular complexity index is 440. The third kappa shape index (κ3) is 1.17. The van der Waals surface area contributed by atoms with Gasteiger partial charge in [-0.2, -0.15) is 0 Å². The van der Waals surface area contributed by atoms with Crippen LogP contribution in [-0.4, -0.2) is 9.38 Å². The maximum Gasteiger partial charge on any atom is 0.212 e. The van der Waals surface area contributed by atoms with Gasteiger partial charge in [0.2, 0.25) is 8.46 Å². The number of imidazole rings is 1. The highest BCUT2D eigenvalue weighted by molar-refractivity contribution is 9.10. The summed E-state index contributed by atoms with van der Waals surface area (Å²) in [5.74, 6) is 0. The first-order chi connectivity index (χ1) is 5.81. The Kier molecular flexibility index (Phi) is 1.95. The molecule has 0 bridgehead atoms. The minimum Gasteiger partial charge on any atom is -0.292 e. The highest BCUT2D eigenvalue weighted by Gasteiger charge is 2.01. The predicted molar refractivity (Wildman–Crippen MR) is 50.1 cm³/mol. The molecule has 60 valence electrons. The van der Waals surface area contributed by atoms with Crippen molar-refractivity contribution in [3.63, 3.8) is 0 Å². The van der Waals surface area contributed by atoms with Crippen LogP contribution in [0.15, 0.2) is 29.0 Å². The number of aromatic nitrogens is 2. The van der Waals surface area contributed by atoms with Crippen molar-refractivity contribution in [1.82, 2.24) is 9.38 Å². The number of hydrogen-bond acceptors (Lipinski definition) is 2. The van der Waals surface area contributed by atoms with Crippen LogP contribution in [0.1, 0.15) is 0 Å². The standard InChI is InChI=1S/C7H4BrN2OP/c8-5-1-2-6-9-3-7(12-11)10(6)4-5/h1-4H. The Balaban J connectivity index is 2.83. The van der Waals surface area contributed by atoms with Gasteiger partial charge < -0.3 is 0 Å². The second-order valence-electron chi connectivity index (χ2n) is 2.28. The van der Waals surface area contributed by atoms with Gasteiger partial charge in [-0.05, 0) is 28.1 Å². The van der Waals surface area contributed by atoms with Crippen LogP contribution in [0.3, 0.4) is 0 Å². The van der Waals surface area contributed by atoms with E-state index in [0.29, 0.717) is 5.44 Å². The van der Waals surface area contributed by atoms with E-state index < -0.39 is 0 Å². The van der Waals surface area contributed by atoms with Crippen LogP contribution in [0, 0.1) is 0 Å². The summed E-state index contributed by atoms with van der Waals surface area (Å²) >= 11 is 3.33. The first kappa shape index (κ1) is 7.90. The molecule has 3 nitrogen and oxygen atoms in total. The summed E-state index contributed by atoms with van der Waals surface area (Å²) in [5.41, 5.74) is 1.46. The Morgan fingerprint density at radius 2 is 2.33 bits per heavy atom. The number of pyridine rings is 1. The summed E-state index contributed by atoms with van der Waals surface area (Å²) < 4.78 is 13.3. The molecule has 0 aliphatic carbocycles. The topological polar surface area (TPSA) is 34.4 Å². The van der Waals surface area contributed by atoms with Crippen LogP contribution in [0.5, 0.6) is 0 Å². The van der Waals surface area contributed by atoms with Crippen molar-refractivity contribution in [2.24, 2.45) is 0 Å². The van der Waals surface area contributed by atoms with E-state index in [1.54, 1.807) is 10.6 Å². The van der Waals surface area contributed by atoms with Crippen LogP contribution in [-0.2, 0) is 4.57 Å². The number of rotatable bonds is 1. The van der Waals surface area contributed by atoms with Crippen molar-refractivity contribution in [3.05, 3.63) is 29.0 Å². The SMILES string of the molecule is O=Pc1cnc2ccc(Br)cn12. The second kappa shape index (κ2) is 2.96. The van der Waals surface area contributed by atoms with Gasteiger partial charge in [0.15, 0.2) is 0 Å². The number of fused-ring (bicyclic) bond motifs is 1. The number of halogens is 1. The summed E-state index contributed by atoms with van der Waals surface area (Å²) in [5, 5.41) is 0. The fraction of sp³-hybridized carbons (Fsp3) is 0. The molecule has 2 aromatic rings. The lowest BCUT2D eigenvalue weighted by Gasteiger charge is -1.94. The van der Waals surface area contributed by atoms with Crippen molar-refractivity contribution in [2.75, 3.05) is 0 Å². The normalized spacial score (nSPS) is 11.1. The van der Waals surface area contributed by atoms with Gasteiger partial charge in [-0.15, -0.1) is 0 Å². The van der Waals surface area contributed by atoms with Crippen molar-refractivity contribution < 1.29 is 4.57 Å². The van der Waals surface area contributed by atoms with Crippen LogP contribution < -0.4 is 5.44 Å². The largest absolute Gasteiger partial charge is 0.292 e. The average Bonchev–Trinajstić information content (AvgIpc) is 2.46. The van der Waals surface area contributed by atoms with Crippen molar-refractivity contribution in [3.8, 4) is 0 Å². The molecule has 0 amide bonds. The molecule has 2 aromatic heterocycles. The summed E-state index contributed by atoms with van der Waals surface area (Å²) in [6.07, 6.45) is 3.43. The zero-order valence-corrected chi connectivity index (χ0v) is 8.42. The van der Waals surface area contributed by atoms with Crippen LogP contribution in [0.2, 0.25) is 0 Å². The summed E-state index contributed by atoms with van der Waals surface area (Å²) in [6, 6.07) is 3.76. The lowest BCUT2D eigenvalue weighted by atomic mass is 10.5. The molecule has 2 rings (SSSR count). The van der Waals surface area contributed by atoms with Crippen molar-refractivity contribution in [2.45, 2.75) is 0 Å². The van der Waals surface area contributed by atoms with Gasteiger partial charge in [0.1, 0.15) is 11.1 Å². The van der Waals surface area contributed by atoms with E-state index >= 15 is 0 Å². The molecule has 0 fully saturated rings. The molecule has 0 spiro atoms. The van der Waals surface area contributed by atoms with E-state index in [2.05, 4.69) is 20.9 Å². The van der Waals surface area contributed by atoms with E-state index in [1.807, 2.05) is 18.3 Å². The van der Waals surface area contributed by atoms with Gasteiger partial charge in [-0.25, -0.2) is 4.98 Å². The minimum atomic E-state index is -0.0112. The van der Waals surface area contributed by atoms with Crippen molar-refractivity contribution in [1.29, 1.82) is 0 Å². The minimum absolute atomic E-state index is 0.0112. The molecule has 0 aromatic carbocycles. The zero-order chi connectivity index (χ0) is 8.55. The Labute approximate surface area is 78.8 Å². The smallest absolute Gasteiger partial charge is 0.212 e. The van der Waals surface area contributed by atoms with Crippen LogP contribution in [0.4, 0.5) is 0 Å². The Morgan fingerprint density at radius 1 is 1.50 bits per heavy atom. The van der Waals surface area contributed by atoms with Crippen LogP contribution in [0.25, 0.3) is 5.65 Å². The van der Waals surface area contributed by atoms with Gasteiger partial charge in [-0.1, -0.05) is 0 Å². The number of nitrogens with zero attached hydrogens (tertiary/aromatic N) is 2. The Morgan fingerprint density at radius 3 is 3.08 bits per heavy atom. The first-order valence-corrected chi connectivity index (χ1v) is 4.88. The van der Waals surface area contributed by atoms with E-state index in [9.17, 15) is 4.57 Å². The molecule has 0 saturated heterocycles. The molecular weight excluding hydrogens is 239 g/mol.